The van der Waals surface area contributed by atoms with E-state index in [9.17, 15) is 19.2 Å². The average Bonchev–Trinajstić information content (AvgIpc) is 3.28. The van der Waals surface area contributed by atoms with E-state index in [-0.39, 0.29) is 32.3 Å². The number of fused-ring (bicyclic) bond motifs is 1. The first-order valence-electron chi connectivity index (χ1n) is 11.8. The Morgan fingerprint density at radius 2 is 1.49 bits per heavy atom. The molecular formula is C25H31NO9. The zero-order chi connectivity index (χ0) is 25.4. The molecule has 0 saturated carbocycles. The molecule has 2 aromatic rings. The fourth-order valence-corrected chi connectivity index (χ4v) is 3.70. The molecule has 1 aromatic carbocycles. The van der Waals surface area contributed by atoms with Crippen LogP contribution in [-0.4, -0.2) is 60.1 Å². The van der Waals surface area contributed by atoms with Gasteiger partial charge in [-0.25, -0.2) is 0 Å². The topological polar surface area (TPSA) is 130 Å². The molecule has 1 saturated heterocycles. The maximum absolute atomic E-state index is 12.7. The lowest BCUT2D eigenvalue weighted by atomic mass is 10.0. The van der Waals surface area contributed by atoms with E-state index in [1.165, 1.54) is 0 Å². The minimum absolute atomic E-state index is 0.0333. The lowest BCUT2D eigenvalue weighted by Gasteiger charge is -2.40. The van der Waals surface area contributed by atoms with Crippen LogP contribution in [0.1, 0.15) is 52.0 Å². The first kappa shape index (κ1) is 26.2. The molecule has 10 nitrogen and oxygen atoms in total. The van der Waals surface area contributed by atoms with Crippen LogP contribution in [0, 0.1) is 0 Å². The lowest BCUT2D eigenvalue weighted by Crippen LogP contribution is -2.58. The van der Waals surface area contributed by atoms with Crippen LogP contribution in [0.4, 0.5) is 0 Å². The molecule has 190 valence electrons. The number of rotatable bonds is 10. The maximum atomic E-state index is 12.7. The number of para-hydroxylation sites is 1. The summed E-state index contributed by atoms with van der Waals surface area (Å²) in [5, 5.41) is 1.01. The average molecular weight is 490 g/mol. The molecular weight excluding hydrogens is 458 g/mol. The molecule has 0 radical (unpaired) electrons. The number of carbonyl (C=O) groups excluding carboxylic acids is 4. The smallest absolute Gasteiger partial charge is 0.308 e. The van der Waals surface area contributed by atoms with E-state index in [1.807, 2.05) is 30.5 Å². The van der Waals surface area contributed by atoms with Gasteiger partial charge in [-0.2, -0.15) is 0 Å². The minimum Gasteiger partial charge on any atom is -0.456 e. The Hall–Kier alpha value is -3.40. The molecule has 4 atom stereocenters. The molecule has 35 heavy (non-hydrogen) atoms. The number of hydrogen-bond donors (Lipinski definition) is 1. The second-order valence-corrected chi connectivity index (χ2v) is 8.05. The number of aromatic nitrogens is 1. The molecule has 0 amide bonds. The van der Waals surface area contributed by atoms with E-state index in [1.54, 1.807) is 20.8 Å². The van der Waals surface area contributed by atoms with Gasteiger partial charge < -0.3 is 28.7 Å². The van der Waals surface area contributed by atoms with Crippen LogP contribution < -0.4 is 0 Å². The highest BCUT2D eigenvalue weighted by Crippen LogP contribution is 2.27. The molecule has 0 aliphatic carbocycles. The summed E-state index contributed by atoms with van der Waals surface area (Å²) in [7, 11) is 0. The molecule has 1 aliphatic heterocycles. The van der Waals surface area contributed by atoms with Gasteiger partial charge in [-0.1, -0.05) is 39.0 Å². The maximum Gasteiger partial charge on any atom is 0.308 e. The van der Waals surface area contributed by atoms with Crippen LogP contribution >= 0.6 is 0 Å². The van der Waals surface area contributed by atoms with Crippen molar-refractivity contribution in [1.82, 2.24) is 4.98 Å². The Balaban J connectivity index is 1.73. The first-order valence-corrected chi connectivity index (χ1v) is 11.8. The van der Waals surface area contributed by atoms with Crippen molar-refractivity contribution in [3.8, 4) is 0 Å². The molecule has 3 rings (SSSR count). The number of H-pyrrole nitrogens is 1. The second-order valence-electron chi connectivity index (χ2n) is 8.05. The highest BCUT2D eigenvalue weighted by atomic mass is 16.7. The Morgan fingerprint density at radius 1 is 0.857 bits per heavy atom. The van der Waals surface area contributed by atoms with Crippen molar-refractivity contribution >= 4 is 34.8 Å². The van der Waals surface area contributed by atoms with Gasteiger partial charge in [0.25, 0.3) is 0 Å². The number of carbonyl (C=O) groups is 4. The first-order chi connectivity index (χ1) is 16.9. The Bertz CT molecular complexity index is 1050. The highest BCUT2D eigenvalue weighted by Gasteiger charge is 2.49. The zero-order valence-electron chi connectivity index (χ0n) is 20.1. The van der Waals surface area contributed by atoms with Crippen LogP contribution in [0.5, 0.6) is 0 Å². The van der Waals surface area contributed by atoms with Crippen LogP contribution in [-0.2, 0) is 49.3 Å². The SMILES string of the molecule is CCC(=O)OC1C(OC(=O)CCc2c[nH]c3ccccc23)OC[C@@H](OC(=O)CC)[C@@H]1OC(=O)CC. The highest BCUT2D eigenvalue weighted by molar-refractivity contribution is 5.83. The monoisotopic (exact) mass is 489 g/mol. The quantitative estimate of drug-likeness (QED) is 0.395. The van der Waals surface area contributed by atoms with E-state index < -0.39 is 48.5 Å². The third-order valence-corrected chi connectivity index (χ3v) is 5.59. The number of aromatic amines is 1. The van der Waals surface area contributed by atoms with E-state index >= 15 is 0 Å². The molecule has 1 aliphatic rings. The van der Waals surface area contributed by atoms with Crippen LogP contribution in [0.2, 0.25) is 0 Å². The van der Waals surface area contributed by atoms with Crippen LogP contribution in [0.25, 0.3) is 10.9 Å². The lowest BCUT2D eigenvalue weighted by molar-refractivity contribution is -0.275. The van der Waals surface area contributed by atoms with Crippen molar-refractivity contribution in [3.05, 3.63) is 36.0 Å². The number of hydrogen-bond acceptors (Lipinski definition) is 9. The minimum atomic E-state index is -1.33. The van der Waals surface area contributed by atoms with E-state index in [2.05, 4.69) is 4.98 Å². The summed E-state index contributed by atoms with van der Waals surface area (Å²) in [5.41, 5.74) is 1.92. The van der Waals surface area contributed by atoms with Gasteiger partial charge in [0, 0.05) is 42.8 Å². The number of aryl methyl sites for hydroxylation is 1. The Labute approximate surface area is 203 Å². The standard InChI is InChI=1S/C25H31NO9/c1-4-19(27)32-18-14-31-25(24(34-21(29)6-3)23(18)33-20(28)5-2)35-22(30)12-11-15-13-26-17-10-8-7-9-16(15)17/h7-10,13,18,23-26H,4-6,11-12,14H2,1-3H3/t18-,23+,24?,25?/m1/s1. The Kier molecular flexibility index (Phi) is 9.25. The van der Waals surface area contributed by atoms with Crippen molar-refractivity contribution in [3.63, 3.8) is 0 Å². The van der Waals surface area contributed by atoms with E-state index in [0.29, 0.717) is 6.42 Å². The molecule has 1 aromatic heterocycles. The normalized spacial score (nSPS) is 21.8. The van der Waals surface area contributed by atoms with Crippen LogP contribution in [0.15, 0.2) is 30.5 Å². The summed E-state index contributed by atoms with van der Waals surface area (Å²) >= 11 is 0. The number of ether oxygens (including phenoxy) is 5. The third-order valence-electron chi connectivity index (χ3n) is 5.59. The number of benzene rings is 1. The summed E-state index contributed by atoms with van der Waals surface area (Å²) in [4.78, 5) is 52.0. The molecule has 1 N–H and O–H groups in total. The third kappa shape index (κ3) is 6.82. The van der Waals surface area contributed by atoms with Gasteiger partial charge in [-0.3, -0.25) is 19.2 Å². The van der Waals surface area contributed by atoms with Gasteiger partial charge in [-0.05, 0) is 18.1 Å². The molecule has 2 unspecified atom stereocenters. The zero-order valence-corrected chi connectivity index (χ0v) is 20.1. The fourth-order valence-electron chi connectivity index (χ4n) is 3.70. The summed E-state index contributed by atoms with van der Waals surface area (Å²) < 4.78 is 27.4. The van der Waals surface area contributed by atoms with Crippen molar-refractivity contribution in [2.45, 2.75) is 77.5 Å². The van der Waals surface area contributed by atoms with Crippen molar-refractivity contribution in [2.75, 3.05) is 6.61 Å². The Morgan fingerprint density at radius 3 is 2.17 bits per heavy atom. The largest absolute Gasteiger partial charge is 0.456 e. The van der Waals surface area contributed by atoms with Crippen molar-refractivity contribution < 1.29 is 42.9 Å². The van der Waals surface area contributed by atoms with Gasteiger partial charge in [0.2, 0.25) is 12.4 Å². The van der Waals surface area contributed by atoms with Gasteiger partial charge in [-0.15, -0.1) is 0 Å². The summed E-state index contributed by atoms with van der Waals surface area (Å²) in [6.45, 7) is 4.61. The predicted molar refractivity (Wildman–Crippen MR) is 123 cm³/mol. The van der Waals surface area contributed by atoms with E-state index in [4.69, 9.17) is 23.7 Å². The number of nitrogens with one attached hydrogen (secondary N) is 1. The van der Waals surface area contributed by atoms with Gasteiger partial charge >= 0.3 is 23.9 Å². The van der Waals surface area contributed by atoms with Crippen LogP contribution in [0.3, 0.4) is 0 Å². The summed E-state index contributed by atoms with van der Waals surface area (Å²) in [6, 6.07) is 7.74. The summed E-state index contributed by atoms with van der Waals surface area (Å²) in [6.07, 6.45) is -2.34. The molecule has 0 bridgehead atoms. The second kappa shape index (κ2) is 12.3. The fraction of sp³-hybridized carbons (Fsp3) is 0.520. The number of esters is 4. The molecule has 10 heteroatoms. The predicted octanol–water partition coefficient (Wildman–Crippen LogP) is 2.97. The molecule has 2 heterocycles. The van der Waals surface area contributed by atoms with Gasteiger partial charge in [0.05, 0.1) is 6.61 Å². The molecule has 0 spiro atoms. The molecule has 1 fully saturated rings. The summed E-state index contributed by atoms with van der Waals surface area (Å²) in [5.74, 6) is -2.32. The van der Waals surface area contributed by atoms with Crippen molar-refractivity contribution in [1.29, 1.82) is 0 Å². The van der Waals surface area contributed by atoms with Gasteiger partial charge in [0.15, 0.2) is 12.2 Å². The van der Waals surface area contributed by atoms with Crippen molar-refractivity contribution in [2.24, 2.45) is 0 Å². The van der Waals surface area contributed by atoms with Gasteiger partial charge in [0.1, 0.15) is 0 Å². The van der Waals surface area contributed by atoms with E-state index in [0.717, 1.165) is 16.5 Å².